The van der Waals surface area contributed by atoms with E-state index in [1.807, 2.05) is 12.2 Å². The van der Waals surface area contributed by atoms with Crippen molar-refractivity contribution in [2.45, 2.75) is 18.6 Å². The van der Waals surface area contributed by atoms with E-state index < -0.39 is 0 Å². The Bertz CT molecular complexity index is 190. The third-order valence-electron chi connectivity index (χ3n) is 2.86. The Morgan fingerprint density at radius 2 is 2.08 bits per heavy atom. The van der Waals surface area contributed by atoms with E-state index >= 15 is 0 Å². The van der Waals surface area contributed by atoms with E-state index in [0.717, 1.165) is 6.42 Å². The van der Waals surface area contributed by atoms with E-state index in [-0.39, 0.29) is 37.3 Å². The number of hydrogen-bond acceptors (Lipinski definition) is 3. The van der Waals surface area contributed by atoms with Crippen molar-refractivity contribution in [3.63, 3.8) is 0 Å². The van der Waals surface area contributed by atoms with Crippen LogP contribution in [0.5, 0.6) is 0 Å². The van der Waals surface area contributed by atoms with E-state index in [1.165, 1.54) is 0 Å². The molecule has 3 nitrogen and oxygen atoms in total. The first-order valence-corrected chi connectivity index (χ1v) is 4.40. The highest BCUT2D eigenvalue weighted by Crippen LogP contribution is 2.35. The maximum absolute atomic E-state index is 9.09. The summed E-state index contributed by atoms with van der Waals surface area (Å²) in [7, 11) is 0. The summed E-state index contributed by atoms with van der Waals surface area (Å²) in [6, 6.07) is 0. The molecule has 2 aliphatic heterocycles. The fourth-order valence-electron chi connectivity index (χ4n) is 2.11. The van der Waals surface area contributed by atoms with Crippen LogP contribution in [0.4, 0.5) is 0 Å². The van der Waals surface area contributed by atoms with E-state index in [4.69, 9.17) is 14.9 Å². The molecule has 2 rings (SSSR count). The summed E-state index contributed by atoms with van der Waals surface area (Å²) in [6.07, 6.45) is 5.08. The lowest BCUT2D eigenvalue weighted by atomic mass is 9.84. The molecule has 0 aromatic carbocycles. The van der Waals surface area contributed by atoms with Crippen molar-refractivity contribution < 1.29 is 14.9 Å². The highest BCUT2D eigenvalue weighted by Gasteiger charge is 2.38. The Morgan fingerprint density at radius 3 is 2.75 bits per heavy atom. The van der Waals surface area contributed by atoms with Crippen LogP contribution in [0.15, 0.2) is 12.2 Å². The van der Waals surface area contributed by atoms with Gasteiger partial charge in [-0.2, -0.15) is 0 Å². The molecule has 0 amide bonds. The van der Waals surface area contributed by atoms with Crippen molar-refractivity contribution >= 4 is 0 Å². The number of ether oxygens (including phenoxy) is 1. The van der Waals surface area contributed by atoms with Gasteiger partial charge in [-0.1, -0.05) is 12.2 Å². The zero-order chi connectivity index (χ0) is 8.55. The number of aliphatic hydroxyl groups is 2. The van der Waals surface area contributed by atoms with Crippen molar-refractivity contribution in [3.05, 3.63) is 12.2 Å². The molecule has 12 heavy (non-hydrogen) atoms. The topological polar surface area (TPSA) is 49.7 Å². The molecule has 0 saturated carbocycles. The zero-order valence-electron chi connectivity index (χ0n) is 6.89. The lowest BCUT2D eigenvalue weighted by molar-refractivity contribution is -0.0777. The Morgan fingerprint density at radius 1 is 1.25 bits per heavy atom. The van der Waals surface area contributed by atoms with E-state index in [0.29, 0.717) is 0 Å². The van der Waals surface area contributed by atoms with Crippen molar-refractivity contribution in [1.82, 2.24) is 0 Å². The summed E-state index contributed by atoms with van der Waals surface area (Å²) in [5.41, 5.74) is 0. The molecule has 3 heteroatoms. The lowest BCUT2D eigenvalue weighted by Gasteiger charge is -2.34. The summed E-state index contributed by atoms with van der Waals surface area (Å²) in [4.78, 5) is 0. The van der Waals surface area contributed by atoms with Crippen LogP contribution in [0.3, 0.4) is 0 Å². The molecule has 68 valence electrons. The van der Waals surface area contributed by atoms with Crippen LogP contribution in [-0.4, -0.2) is 35.6 Å². The Balaban J connectivity index is 2.10. The van der Waals surface area contributed by atoms with E-state index in [1.54, 1.807) is 0 Å². The van der Waals surface area contributed by atoms with Crippen LogP contribution in [0.1, 0.15) is 6.42 Å². The molecule has 2 heterocycles. The molecular weight excluding hydrogens is 156 g/mol. The van der Waals surface area contributed by atoms with E-state index in [2.05, 4.69) is 0 Å². The highest BCUT2D eigenvalue weighted by molar-refractivity contribution is 5.09. The van der Waals surface area contributed by atoms with Crippen molar-refractivity contribution in [2.75, 3.05) is 13.2 Å². The summed E-state index contributed by atoms with van der Waals surface area (Å²) in [6.45, 7) is 0.260. The molecular formula is C9H14O3. The van der Waals surface area contributed by atoms with Gasteiger partial charge in [-0.3, -0.25) is 0 Å². The van der Waals surface area contributed by atoms with Gasteiger partial charge in [0.1, 0.15) is 0 Å². The van der Waals surface area contributed by atoms with Gasteiger partial charge in [0, 0.05) is 19.1 Å². The molecule has 0 aliphatic carbocycles. The molecule has 0 spiro atoms. The minimum absolute atomic E-state index is 0.0332. The normalized spacial score (nSPS) is 45.2. The average molecular weight is 170 g/mol. The van der Waals surface area contributed by atoms with Crippen LogP contribution in [-0.2, 0) is 4.74 Å². The van der Waals surface area contributed by atoms with Gasteiger partial charge in [-0.15, -0.1) is 0 Å². The molecule has 2 aliphatic rings. The number of rotatable bonds is 2. The van der Waals surface area contributed by atoms with Gasteiger partial charge in [0.15, 0.2) is 0 Å². The summed E-state index contributed by atoms with van der Waals surface area (Å²) >= 11 is 0. The molecule has 0 aromatic rings. The maximum Gasteiger partial charge on any atom is 0.0818 e. The standard InChI is InChI=1S/C9H14O3/c10-4-6-3-7-1-2-9(12-7)8(6)5-11/h1-2,6-11H,3-5H2. The minimum atomic E-state index is 0.0332. The number of fused-ring (bicyclic) bond motifs is 2. The summed E-state index contributed by atoms with van der Waals surface area (Å²) in [5.74, 6) is 0.291. The van der Waals surface area contributed by atoms with Gasteiger partial charge >= 0.3 is 0 Å². The van der Waals surface area contributed by atoms with Crippen molar-refractivity contribution in [1.29, 1.82) is 0 Å². The largest absolute Gasteiger partial charge is 0.396 e. The summed E-state index contributed by atoms with van der Waals surface area (Å²) < 4.78 is 5.55. The average Bonchev–Trinajstić information content (AvgIpc) is 2.48. The highest BCUT2D eigenvalue weighted by atomic mass is 16.5. The number of hydrogen-bond donors (Lipinski definition) is 2. The van der Waals surface area contributed by atoms with Crippen LogP contribution >= 0.6 is 0 Å². The fraction of sp³-hybridized carbons (Fsp3) is 0.778. The van der Waals surface area contributed by atoms with Gasteiger partial charge in [0.05, 0.1) is 12.2 Å². The monoisotopic (exact) mass is 170 g/mol. The zero-order valence-corrected chi connectivity index (χ0v) is 6.89. The quantitative estimate of drug-likeness (QED) is 0.570. The fourth-order valence-corrected chi connectivity index (χ4v) is 2.11. The van der Waals surface area contributed by atoms with Gasteiger partial charge in [-0.25, -0.2) is 0 Å². The third-order valence-corrected chi connectivity index (χ3v) is 2.86. The third kappa shape index (κ3) is 1.18. The predicted molar refractivity (Wildman–Crippen MR) is 43.6 cm³/mol. The van der Waals surface area contributed by atoms with Gasteiger partial charge in [-0.05, 0) is 12.3 Å². The molecule has 2 bridgehead atoms. The molecule has 1 saturated heterocycles. The van der Waals surface area contributed by atoms with Crippen molar-refractivity contribution in [3.8, 4) is 0 Å². The molecule has 4 unspecified atom stereocenters. The van der Waals surface area contributed by atoms with Crippen LogP contribution in [0.2, 0.25) is 0 Å². The minimum Gasteiger partial charge on any atom is -0.396 e. The molecule has 0 aromatic heterocycles. The van der Waals surface area contributed by atoms with Gasteiger partial charge in [0.25, 0.3) is 0 Å². The summed E-state index contributed by atoms with van der Waals surface area (Å²) in [5, 5.41) is 18.1. The van der Waals surface area contributed by atoms with Crippen LogP contribution in [0.25, 0.3) is 0 Å². The van der Waals surface area contributed by atoms with Gasteiger partial charge < -0.3 is 14.9 Å². The second kappa shape index (κ2) is 3.17. The van der Waals surface area contributed by atoms with E-state index in [9.17, 15) is 0 Å². The second-order valence-corrected chi connectivity index (χ2v) is 3.55. The first-order valence-electron chi connectivity index (χ1n) is 4.40. The van der Waals surface area contributed by atoms with Crippen LogP contribution in [0, 0.1) is 11.8 Å². The molecule has 1 fully saturated rings. The predicted octanol–water partition coefficient (Wildman–Crippen LogP) is -0.0693. The first kappa shape index (κ1) is 8.23. The molecule has 0 radical (unpaired) electrons. The van der Waals surface area contributed by atoms with Gasteiger partial charge in [0.2, 0.25) is 0 Å². The molecule has 4 atom stereocenters. The van der Waals surface area contributed by atoms with Crippen LogP contribution < -0.4 is 0 Å². The number of aliphatic hydroxyl groups excluding tert-OH is 2. The Hall–Kier alpha value is -0.380. The molecule has 2 N–H and O–H groups in total. The SMILES string of the molecule is OCC1CC2C=CC(O2)C1CO. The Kier molecular flexibility index (Phi) is 2.17. The first-order chi connectivity index (χ1) is 5.85. The second-order valence-electron chi connectivity index (χ2n) is 3.55. The maximum atomic E-state index is 9.09. The van der Waals surface area contributed by atoms with Crippen molar-refractivity contribution in [2.24, 2.45) is 11.8 Å². The lowest BCUT2D eigenvalue weighted by Crippen LogP contribution is -2.39. The Labute approximate surface area is 71.7 Å². The smallest absolute Gasteiger partial charge is 0.0818 e.